The van der Waals surface area contributed by atoms with Crippen LogP contribution in [0, 0.1) is 6.92 Å². The van der Waals surface area contributed by atoms with E-state index in [2.05, 4.69) is 24.3 Å². The van der Waals surface area contributed by atoms with E-state index in [1.807, 2.05) is 40.0 Å². The summed E-state index contributed by atoms with van der Waals surface area (Å²) in [5, 5.41) is 25.7. The van der Waals surface area contributed by atoms with E-state index >= 15 is 0 Å². The number of nitrogens with one attached hydrogen (secondary N) is 1. The third-order valence-electron chi connectivity index (χ3n) is 6.17. The molecule has 0 radical (unpaired) electrons. The maximum absolute atomic E-state index is 12.7. The Balaban J connectivity index is 0.000000505. The summed E-state index contributed by atoms with van der Waals surface area (Å²) in [7, 11) is 0. The third kappa shape index (κ3) is 7.48. The molecule has 1 saturated heterocycles. The van der Waals surface area contributed by atoms with E-state index in [0.29, 0.717) is 29.7 Å². The first-order valence-electron chi connectivity index (χ1n) is 11.8. The number of piperidine rings is 1. The molecular weight excluding hydrogens is 525 g/mol. The van der Waals surface area contributed by atoms with Crippen LogP contribution in [0.15, 0.2) is 54.7 Å². The number of aliphatic carboxylic acids is 1. The zero-order chi connectivity index (χ0) is 28.0. The zero-order valence-corrected chi connectivity index (χ0v) is 21.5. The van der Waals surface area contributed by atoms with Crippen molar-refractivity contribution >= 4 is 23.5 Å². The fraction of sp³-hybridized carbons (Fsp3) is 0.346. The standard InChI is InChI=1S/C24H27ClN4O2.C2HF3O2/c1-16(23-15-26-29(17(23)2)21-7-4-6-19(25)14-21)27-20-9-11-28(12-10-20)24(31)18-5-3-8-22(30)13-18;3-2(4,5)1(6)7/h3-8,13-16,20,27,30H,9-12H2,1-2H3;(H,6,7). The predicted molar refractivity (Wildman–Crippen MR) is 136 cm³/mol. The zero-order valence-electron chi connectivity index (χ0n) is 20.7. The Morgan fingerprint density at radius 3 is 2.34 bits per heavy atom. The highest BCUT2D eigenvalue weighted by molar-refractivity contribution is 6.30. The van der Waals surface area contributed by atoms with Gasteiger partial charge in [0.2, 0.25) is 0 Å². The molecule has 1 fully saturated rings. The van der Waals surface area contributed by atoms with Crippen molar-refractivity contribution in [3.8, 4) is 11.4 Å². The Labute approximate surface area is 222 Å². The second-order valence-electron chi connectivity index (χ2n) is 8.89. The van der Waals surface area contributed by atoms with Crippen LogP contribution in [-0.4, -0.2) is 62.1 Å². The van der Waals surface area contributed by atoms with Crippen molar-refractivity contribution in [1.82, 2.24) is 20.0 Å². The number of carbonyl (C=O) groups is 2. The number of halogens is 4. The summed E-state index contributed by atoms with van der Waals surface area (Å²) in [4.78, 5) is 23.4. The lowest BCUT2D eigenvalue weighted by Gasteiger charge is -2.34. The number of alkyl halides is 3. The summed E-state index contributed by atoms with van der Waals surface area (Å²) >= 11 is 6.13. The topological polar surface area (TPSA) is 108 Å². The van der Waals surface area contributed by atoms with Crippen LogP contribution in [0.4, 0.5) is 13.2 Å². The van der Waals surface area contributed by atoms with Gasteiger partial charge in [-0.15, -0.1) is 0 Å². The van der Waals surface area contributed by atoms with Crippen LogP contribution in [0.3, 0.4) is 0 Å². The van der Waals surface area contributed by atoms with Gasteiger partial charge in [-0.3, -0.25) is 4.79 Å². The summed E-state index contributed by atoms with van der Waals surface area (Å²) in [5.41, 5.74) is 3.71. The van der Waals surface area contributed by atoms with Gasteiger partial charge in [-0.25, -0.2) is 9.48 Å². The molecule has 204 valence electrons. The van der Waals surface area contributed by atoms with E-state index in [0.717, 1.165) is 29.8 Å². The molecule has 1 atom stereocenters. The fourth-order valence-electron chi connectivity index (χ4n) is 4.23. The van der Waals surface area contributed by atoms with Gasteiger partial charge in [0.15, 0.2) is 0 Å². The number of phenolic OH excluding ortho intramolecular Hbond substituents is 1. The number of carbonyl (C=O) groups excluding carboxylic acids is 1. The molecule has 1 aliphatic heterocycles. The molecule has 0 spiro atoms. The number of hydrogen-bond donors (Lipinski definition) is 3. The number of amides is 1. The molecular formula is C26H28ClF3N4O4. The summed E-state index contributed by atoms with van der Waals surface area (Å²) < 4.78 is 33.6. The summed E-state index contributed by atoms with van der Waals surface area (Å²) in [6.07, 6.45) is -1.40. The molecule has 0 aliphatic carbocycles. The van der Waals surface area contributed by atoms with E-state index in [9.17, 15) is 23.1 Å². The van der Waals surface area contributed by atoms with Crippen LogP contribution >= 0.6 is 11.6 Å². The molecule has 8 nitrogen and oxygen atoms in total. The molecule has 1 amide bonds. The molecule has 0 bridgehead atoms. The van der Waals surface area contributed by atoms with Crippen LogP contribution in [0.2, 0.25) is 5.02 Å². The lowest BCUT2D eigenvalue weighted by Crippen LogP contribution is -2.45. The first kappa shape index (κ1) is 29.0. The molecule has 2 heterocycles. The molecule has 2 aromatic carbocycles. The Hall–Kier alpha value is -3.57. The highest BCUT2D eigenvalue weighted by atomic mass is 35.5. The first-order chi connectivity index (χ1) is 17.9. The molecule has 0 saturated carbocycles. The lowest BCUT2D eigenvalue weighted by atomic mass is 10.0. The lowest BCUT2D eigenvalue weighted by molar-refractivity contribution is -0.192. The fourth-order valence-corrected chi connectivity index (χ4v) is 4.41. The van der Waals surface area contributed by atoms with Crippen LogP contribution in [0.1, 0.15) is 47.4 Å². The van der Waals surface area contributed by atoms with Gasteiger partial charge in [0.05, 0.1) is 11.9 Å². The Morgan fingerprint density at radius 1 is 1.13 bits per heavy atom. The molecule has 3 aromatic rings. The highest BCUT2D eigenvalue weighted by Crippen LogP contribution is 2.24. The van der Waals surface area contributed by atoms with Gasteiger partial charge < -0.3 is 20.4 Å². The number of phenols is 1. The number of aromatic hydroxyl groups is 1. The second kappa shape index (κ2) is 12.3. The normalized spacial score (nSPS) is 14.9. The third-order valence-corrected chi connectivity index (χ3v) is 6.41. The van der Waals surface area contributed by atoms with Gasteiger partial charge in [-0.05, 0) is 63.1 Å². The van der Waals surface area contributed by atoms with E-state index in [-0.39, 0.29) is 17.7 Å². The van der Waals surface area contributed by atoms with Crippen molar-refractivity contribution in [2.24, 2.45) is 0 Å². The quantitative estimate of drug-likeness (QED) is 0.405. The molecule has 1 unspecified atom stereocenters. The predicted octanol–water partition coefficient (Wildman–Crippen LogP) is 5.13. The molecule has 1 aromatic heterocycles. The smallest absolute Gasteiger partial charge is 0.490 e. The van der Waals surface area contributed by atoms with Gasteiger partial charge in [-0.1, -0.05) is 23.7 Å². The van der Waals surface area contributed by atoms with Crippen LogP contribution in [0.25, 0.3) is 5.69 Å². The van der Waals surface area contributed by atoms with Gasteiger partial charge in [0.1, 0.15) is 5.75 Å². The Morgan fingerprint density at radius 2 is 1.76 bits per heavy atom. The minimum Gasteiger partial charge on any atom is -0.508 e. The number of rotatable bonds is 5. The van der Waals surface area contributed by atoms with E-state index in [1.54, 1.807) is 18.2 Å². The Kier molecular flexibility index (Phi) is 9.40. The molecule has 38 heavy (non-hydrogen) atoms. The van der Waals surface area contributed by atoms with Crippen molar-refractivity contribution in [3.63, 3.8) is 0 Å². The molecule has 4 rings (SSSR count). The molecule has 1 aliphatic rings. The van der Waals surface area contributed by atoms with Crippen molar-refractivity contribution < 1.29 is 33.0 Å². The maximum Gasteiger partial charge on any atom is 0.490 e. The number of hydrogen-bond acceptors (Lipinski definition) is 5. The van der Waals surface area contributed by atoms with Gasteiger partial charge in [0.25, 0.3) is 5.91 Å². The van der Waals surface area contributed by atoms with Crippen molar-refractivity contribution in [2.45, 2.75) is 44.9 Å². The number of benzene rings is 2. The molecule has 3 N–H and O–H groups in total. The van der Waals surface area contributed by atoms with Crippen LogP contribution in [0.5, 0.6) is 5.75 Å². The van der Waals surface area contributed by atoms with Crippen LogP contribution in [-0.2, 0) is 4.79 Å². The van der Waals surface area contributed by atoms with E-state index in [1.165, 1.54) is 6.07 Å². The van der Waals surface area contributed by atoms with Gasteiger partial charge >= 0.3 is 12.1 Å². The average molecular weight is 553 g/mol. The second-order valence-corrected chi connectivity index (χ2v) is 9.32. The first-order valence-corrected chi connectivity index (χ1v) is 12.2. The highest BCUT2D eigenvalue weighted by Gasteiger charge is 2.38. The SMILES string of the molecule is Cc1c(C(C)NC2CCN(C(=O)c3cccc(O)c3)CC2)cnn1-c1cccc(Cl)c1.O=C(O)C(F)(F)F. The number of carboxylic acids is 1. The van der Waals surface area contributed by atoms with Crippen LogP contribution < -0.4 is 5.32 Å². The summed E-state index contributed by atoms with van der Waals surface area (Å²) in [5.74, 6) is -2.67. The van der Waals surface area contributed by atoms with E-state index < -0.39 is 12.1 Å². The van der Waals surface area contributed by atoms with E-state index in [4.69, 9.17) is 21.5 Å². The molecule has 12 heteroatoms. The largest absolute Gasteiger partial charge is 0.508 e. The van der Waals surface area contributed by atoms with Gasteiger partial charge in [0, 0.05) is 47.0 Å². The van der Waals surface area contributed by atoms with Crippen molar-refractivity contribution in [2.75, 3.05) is 13.1 Å². The number of nitrogens with zero attached hydrogens (tertiary/aromatic N) is 3. The number of aromatic nitrogens is 2. The average Bonchev–Trinajstić information content (AvgIpc) is 3.25. The minimum atomic E-state index is -5.08. The number of likely N-dealkylation sites (tertiary alicyclic amines) is 1. The Bertz CT molecular complexity index is 1270. The maximum atomic E-state index is 12.7. The summed E-state index contributed by atoms with van der Waals surface area (Å²) in [6, 6.07) is 14.7. The van der Waals surface area contributed by atoms with Crippen molar-refractivity contribution in [3.05, 3.63) is 76.6 Å². The summed E-state index contributed by atoms with van der Waals surface area (Å²) in [6.45, 7) is 5.60. The van der Waals surface area contributed by atoms with Crippen molar-refractivity contribution in [1.29, 1.82) is 0 Å². The minimum absolute atomic E-state index is 0.0268. The monoisotopic (exact) mass is 552 g/mol. The number of carboxylic acid groups (broad SMARTS) is 1. The van der Waals surface area contributed by atoms with Gasteiger partial charge in [-0.2, -0.15) is 18.3 Å².